The number of aliphatic hydroxyl groups is 1. The molecule has 106 valence electrons. The van der Waals surface area contributed by atoms with Gasteiger partial charge in [-0.2, -0.15) is 0 Å². The summed E-state index contributed by atoms with van der Waals surface area (Å²) < 4.78 is 0. The van der Waals surface area contributed by atoms with Crippen molar-refractivity contribution in [3.8, 4) is 0 Å². The first-order valence-corrected chi connectivity index (χ1v) is 7.95. The normalized spacial score (nSPS) is 46.7. The lowest BCUT2D eigenvalue weighted by molar-refractivity contribution is -0.226. The second-order valence-corrected chi connectivity index (χ2v) is 6.99. The van der Waals surface area contributed by atoms with Gasteiger partial charge in [-0.15, -0.1) is 0 Å². The van der Waals surface area contributed by atoms with Gasteiger partial charge in [-0.3, -0.25) is 9.69 Å². The van der Waals surface area contributed by atoms with Crippen molar-refractivity contribution in [2.75, 3.05) is 19.6 Å². The van der Waals surface area contributed by atoms with Gasteiger partial charge in [0.15, 0.2) is 0 Å². The second-order valence-electron chi connectivity index (χ2n) is 6.99. The van der Waals surface area contributed by atoms with Crippen molar-refractivity contribution in [1.29, 1.82) is 0 Å². The average Bonchev–Trinajstić information content (AvgIpc) is 2.42. The fourth-order valence-corrected chi connectivity index (χ4v) is 5.09. The van der Waals surface area contributed by atoms with Crippen LogP contribution in [0.4, 0.5) is 0 Å². The number of amides is 1. The highest BCUT2D eigenvalue weighted by atomic mass is 16.3. The van der Waals surface area contributed by atoms with E-state index in [1.165, 1.54) is 25.8 Å². The van der Waals surface area contributed by atoms with Crippen LogP contribution in [0.2, 0.25) is 0 Å². The smallest absolute Gasteiger partial charge is 0.224 e. The van der Waals surface area contributed by atoms with E-state index in [1.807, 2.05) is 4.90 Å². The zero-order valence-electron chi connectivity index (χ0n) is 11.6. The highest BCUT2D eigenvalue weighted by molar-refractivity contribution is 5.78. The van der Waals surface area contributed by atoms with E-state index in [0.717, 1.165) is 32.4 Å². The first kappa shape index (κ1) is 12.2. The number of rotatable bonds is 0. The molecule has 4 fully saturated rings. The number of carbonyl (C=O) groups is 1. The van der Waals surface area contributed by atoms with E-state index in [2.05, 4.69) is 4.90 Å². The number of carbonyl (C=O) groups excluding carboxylic acids is 1. The van der Waals surface area contributed by atoms with Gasteiger partial charge in [0.05, 0.1) is 0 Å². The summed E-state index contributed by atoms with van der Waals surface area (Å²) in [6.45, 7) is 3.00. The largest absolute Gasteiger partial charge is 0.370 e. The van der Waals surface area contributed by atoms with Crippen LogP contribution in [0, 0.1) is 11.8 Å². The average molecular weight is 264 g/mol. The number of piperidine rings is 4. The summed E-state index contributed by atoms with van der Waals surface area (Å²) >= 11 is 0. The van der Waals surface area contributed by atoms with Crippen molar-refractivity contribution in [3.63, 3.8) is 0 Å². The zero-order valence-corrected chi connectivity index (χ0v) is 11.6. The van der Waals surface area contributed by atoms with Crippen molar-refractivity contribution in [1.82, 2.24) is 9.80 Å². The summed E-state index contributed by atoms with van der Waals surface area (Å²) in [5.74, 6) is 1.07. The van der Waals surface area contributed by atoms with E-state index in [9.17, 15) is 9.90 Å². The van der Waals surface area contributed by atoms with Crippen molar-refractivity contribution >= 4 is 5.91 Å². The molecule has 0 spiro atoms. The molecule has 0 radical (unpaired) electrons. The van der Waals surface area contributed by atoms with Gasteiger partial charge in [-0.1, -0.05) is 6.42 Å². The van der Waals surface area contributed by atoms with Crippen molar-refractivity contribution in [2.45, 2.75) is 56.7 Å². The lowest BCUT2D eigenvalue weighted by atomic mass is 9.69. The van der Waals surface area contributed by atoms with E-state index >= 15 is 0 Å². The summed E-state index contributed by atoms with van der Waals surface area (Å²) in [7, 11) is 0. The van der Waals surface area contributed by atoms with E-state index in [1.54, 1.807) is 0 Å². The molecule has 1 N–H and O–H groups in total. The topological polar surface area (TPSA) is 43.8 Å². The van der Waals surface area contributed by atoms with Crippen LogP contribution in [-0.2, 0) is 4.79 Å². The maximum absolute atomic E-state index is 12.2. The maximum atomic E-state index is 12.2. The molecule has 2 bridgehead atoms. The van der Waals surface area contributed by atoms with E-state index in [0.29, 0.717) is 18.4 Å². The summed E-state index contributed by atoms with van der Waals surface area (Å²) in [6, 6.07) is 0.671. The van der Waals surface area contributed by atoms with E-state index in [4.69, 9.17) is 0 Å². The third kappa shape index (κ3) is 1.69. The minimum Gasteiger partial charge on any atom is -0.370 e. The highest BCUT2D eigenvalue weighted by Gasteiger charge is 2.55. The number of nitrogens with zero attached hydrogens (tertiary/aromatic N) is 2. The molecular formula is C15H24N2O2. The Morgan fingerprint density at radius 2 is 2.11 bits per heavy atom. The van der Waals surface area contributed by atoms with Crippen LogP contribution in [0.25, 0.3) is 0 Å². The van der Waals surface area contributed by atoms with Crippen LogP contribution in [-0.4, -0.2) is 52.2 Å². The lowest BCUT2D eigenvalue weighted by Gasteiger charge is -2.60. The fraction of sp³-hybridized carbons (Fsp3) is 0.933. The van der Waals surface area contributed by atoms with Gasteiger partial charge in [-0.05, 0) is 44.6 Å². The lowest BCUT2D eigenvalue weighted by Crippen LogP contribution is -2.70. The quantitative estimate of drug-likeness (QED) is 0.715. The maximum Gasteiger partial charge on any atom is 0.224 e. The van der Waals surface area contributed by atoms with Crippen LogP contribution in [0.15, 0.2) is 0 Å². The fourth-order valence-electron chi connectivity index (χ4n) is 5.09. The molecule has 4 nitrogen and oxygen atoms in total. The Morgan fingerprint density at radius 3 is 3.00 bits per heavy atom. The van der Waals surface area contributed by atoms with Gasteiger partial charge in [0, 0.05) is 31.5 Å². The Morgan fingerprint density at radius 1 is 1.21 bits per heavy atom. The molecule has 4 saturated heterocycles. The summed E-state index contributed by atoms with van der Waals surface area (Å²) in [4.78, 5) is 16.6. The standard InChI is InChI=1S/C15H24N2O2/c18-14-5-3-6-15(19)12-8-11(9-17(14)15)13-4-1-2-7-16(13)10-12/h11-13,19H,1-10H2/t11-,12+,13+,15+/m1/s1. The molecular weight excluding hydrogens is 240 g/mol. The Hall–Kier alpha value is -0.610. The molecule has 0 aromatic heterocycles. The van der Waals surface area contributed by atoms with Gasteiger partial charge in [0.25, 0.3) is 0 Å². The van der Waals surface area contributed by atoms with Crippen LogP contribution >= 0.6 is 0 Å². The molecule has 0 aromatic rings. The predicted octanol–water partition coefficient (Wildman–Crippen LogP) is 1.19. The van der Waals surface area contributed by atoms with Crippen LogP contribution in [0.5, 0.6) is 0 Å². The van der Waals surface area contributed by atoms with Crippen LogP contribution in [0.3, 0.4) is 0 Å². The van der Waals surface area contributed by atoms with E-state index < -0.39 is 5.72 Å². The molecule has 4 heterocycles. The molecule has 4 aliphatic heterocycles. The van der Waals surface area contributed by atoms with Gasteiger partial charge in [-0.25, -0.2) is 0 Å². The van der Waals surface area contributed by atoms with Crippen molar-refractivity contribution < 1.29 is 9.90 Å². The molecule has 0 aromatic carbocycles. The Labute approximate surface area is 114 Å². The van der Waals surface area contributed by atoms with Crippen molar-refractivity contribution in [2.24, 2.45) is 11.8 Å². The molecule has 0 aliphatic carbocycles. The van der Waals surface area contributed by atoms with Gasteiger partial charge in [0.1, 0.15) is 5.72 Å². The number of fused-ring (bicyclic) bond motifs is 6. The zero-order chi connectivity index (χ0) is 13.0. The van der Waals surface area contributed by atoms with E-state index in [-0.39, 0.29) is 11.8 Å². The first-order valence-electron chi connectivity index (χ1n) is 7.95. The van der Waals surface area contributed by atoms with Gasteiger partial charge < -0.3 is 10.0 Å². The third-order valence-electron chi connectivity index (χ3n) is 6.03. The SMILES string of the molecule is O=C1CCC[C@]2(O)[C@H]3C[C@H](CN12)[C@@H]1CCCCN1C3. The van der Waals surface area contributed by atoms with Gasteiger partial charge >= 0.3 is 0 Å². The number of hydrogen-bond acceptors (Lipinski definition) is 3. The molecule has 4 atom stereocenters. The van der Waals surface area contributed by atoms with Crippen LogP contribution < -0.4 is 0 Å². The minimum absolute atomic E-state index is 0.188. The Kier molecular flexibility index (Phi) is 2.68. The summed E-state index contributed by atoms with van der Waals surface area (Å²) in [5.41, 5.74) is -0.825. The third-order valence-corrected chi connectivity index (χ3v) is 6.03. The molecule has 4 rings (SSSR count). The Balaban J connectivity index is 1.65. The molecule has 19 heavy (non-hydrogen) atoms. The van der Waals surface area contributed by atoms with Crippen molar-refractivity contribution in [3.05, 3.63) is 0 Å². The highest BCUT2D eigenvalue weighted by Crippen LogP contribution is 2.47. The Bertz CT molecular complexity index is 400. The molecule has 4 aliphatic rings. The second kappa shape index (κ2) is 4.19. The minimum atomic E-state index is -0.825. The monoisotopic (exact) mass is 264 g/mol. The molecule has 1 amide bonds. The molecule has 0 unspecified atom stereocenters. The molecule has 4 heteroatoms. The predicted molar refractivity (Wildman–Crippen MR) is 71.3 cm³/mol. The summed E-state index contributed by atoms with van der Waals surface area (Å²) in [5, 5.41) is 11.0. The molecule has 0 saturated carbocycles. The number of hydrogen-bond donors (Lipinski definition) is 1. The van der Waals surface area contributed by atoms with Gasteiger partial charge in [0.2, 0.25) is 5.91 Å². The summed E-state index contributed by atoms with van der Waals surface area (Å²) in [6.07, 6.45) is 7.33. The first-order chi connectivity index (χ1) is 9.18. The van der Waals surface area contributed by atoms with Crippen LogP contribution in [0.1, 0.15) is 44.9 Å².